The quantitative estimate of drug-likeness (QED) is 0.418. The molecule has 3 aromatic rings. The second kappa shape index (κ2) is 8.29. The van der Waals surface area contributed by atoms with Crippen LogP contribution in [0.5, 0.6) is 11.5 Å². The maximum absolute atomic E-state index is 12.6. The molecule has 0 bridgehead atoms. The largest absolute Gasteiger partial charge is 0.454 e. The van der Waals surface area contributed by atoms with Gasteiger partial charge in [0.15, 0.2) is 17.3 Å². The minimum Gasteiger partial charge on any atom is -0.454 e. The molecule has 0 saturated heterocycles. The van der Waals surface area contributed by atoms with Crippen LogP contribution >= 0.6 is 0 Å². The predicted molar refractivity (Wildman–Crippen MR) is 122 cm³/mol. The molecule has 0 radical (unpaired) electrons. The van der Waals surface area contributed by atoms with Crippen LogP contribution in [0.15, 0.2) is 59.5 Å². The highest BCUT2D eigenvalue weighted by Crippen LogP contribution is 2.35. The molecule has 0 amide bonds. The van der Waals surface area contributed by atoms with Crippen molar-refractivity contribution in [3.63, 3.8) is 0 Å². The van der Waals surface area contributed by atoms with Crippen LogP contribution in [0.25, 0.3) is 11.8 Å². The van der Waals surface area contributed by atoms with Gasteiger partial charge < -0.3 is 14.0 Å². The molecule has 7 nitrogen and oxygen atoms in total. The number of ether oxygens (including phenoxy) is 2. The molecule has 0 aliphatic carbocycles. The fourth-order valence-electron chi connectivity index (χ4n) is 3.64. The number of hydrogen-bond acceptors (Lipinski definition) is 5. The molecule has 4 rings (SSSR count). The van der Waals surface area contributed by atoms with E-state index in [2.05, 4.69) is 4.57 Å². The van der Waals surface area contributed by atoms with Crippen LogP contribution in [-0.4, -0.2) is 44.0 Å². The molecule has 1 aliphatic rings. The molecule has 2 aromatic carbocycles. The third-order valence-corrected chi connectivity index (χ3v) is 7.25. The summed E-state index contributed by atoms with van der Waals surface area (Å²) in [5, 5.41) is 0. The Kier molecular flexibility index (Phi) is 5.66. The van der Waals surface area contributed by atoms with Crippen LogP contribution in [0, 0.1) is 13.8 Å². The third-order valence-electron chi connectivity index (χ3n) is 5.42. The second-order valence-electron chi connectivity index (χ2n) is 7.71. The van der Waals surface area contributed by atoms with Gasteiger partial charge in [-0.15, -0.1) is 0 Å². The summed E-state index contributed by atoms with van der Waals surface area (Å²) in [6.07, 6.45) is 3.28. The molecule has 0 fully saturated rings. The van der Waals surface area contributed by atoms with Gasteiger partial charge in [0.05, 0.1) is 4.90 Å². The predicted octanol–water partition coefficient (Wildman–Crippen LogP) is 3.97. The van der Waals surface area contributed by atoms with Crippen molar-refractivity contribution in [1.29, 1.82) is 0 Å². The lowest BCUT2D eigenvalue weighted by Gasteiger charge is -2.11. The fraction of sp³-hybridized carbons (Fsp3) is 0.208. The summed E-state index contributed by atoms with van der Waals surface area (Å²) >= 11 is 0. The van der Waals surface area contributed by atoms with E-state index in [0.717, 1.165) is 32.7 Å². The highest BCUT2D eigenvalue weighted by atomic mass is 32.2. The summed E-state index contributed by atoms with van der Waals surface area (Å²) in [7, 11) is -0.589. The van der Waals surface area contributed by atoms with Crippen molar-refractivity contribution < 1.29 is 22.7 Å². The van der Waals surface area contributed by atoms with E-state index in [0.29, 0.717) is 11.3 Å². The van der Waals surface area contributed by atoms with E-state index in [4.69, 9.17) is 9.47 Å². The molecule has 166 valence electrons. The highest BCUT2D eigenvalue weighted by molar-refractivity contribution is 7.89. The first-order chi connectivity index (χ1) is 15.2. The second-order valence-corrected chi connectivity index (χ2v) is 9.86. The molecule has 0 saturated carbocycles. The molecule has 0 spiro atoms. The van der Waals surface area contributed by atoms with E-state index in [1.165, 1.54) is 44.4 Å². The summed E-state index contributed by atoms with van der Waals surface area (Å²) in [6.45, 7) is 4.21. The van der Waals surface area contributed by atoms with Crippen LogP contribution in [0.1, 0.15) is 27.3 Å². The van der Waals surface area contributed by atoms with Crippen molar-refractivity contribution in [2.45, 2.75) is 18.7 Å². The van der Waals surface area contributed by atoms with Crippen LogP contribution in [-0.2, 0) is 10.0 Å². The maximum Gasteiger partial charge on any atom is 0.242 e. The Morgan fingerprint density at radius 3 is 2.38 bits per heavy atom. The van der Waals surface area contributed by atoms with Crippen LogP contribution in [0.3, 0.4) is 0 Å². The Balaban J connectivity index is 1.56. The summed E-state index contributed by atoms with van der Waals surface area (Å²) < 4.78 is 38.5. The third kappa shape index (κ3) is 3.94. The first kappa shape index (κ1) is 21.9. The molecule has 0 atom stereocenters. The maximum atomic E-state index is 12.6. The van der Waals surface area contributed by atoms with Gasteiger partial charge in [0.25, 0.3) is 0 Å². The van der Waals surface area contributed by atoms with Gasteiger partial charge in [-0.3, -0.25) is 4.79 Å². The number of carbonyl (C=O) groups is 1. The first-order valence-electron chi connectivity index (χ1n) is 10.0. The number of nitrogens with zero attached hydrogens (tertiary/aromatic N) is 2. The highest BCUT2D eigenvalue weighted by Gasteiger charge is 2.18. The normalized spacial score (nSPS) is 13.3. The van der Waals surface area contributed by atoms with Gasteiger partial charge in [-0.2, -0.15) is 0 Å². The average Bonchev–Trinajstić information content (AvgIpc) is 3.35. The zero-order valence-electron chi connectivity index (χ0n) is 18.3. The van der Waals surface area contributed by atoms with E-state index in [9.17, 15) is 13.2 Å². The van der Waals surface area contributed by atoms with Crippen LogP contribution in [0.2, 0.25) is 0 Å². The Morgan fingerprint density at radius 2 is 1.69 bits per heavy atom. The number of carbonyl (C=O) groups excluding carboxylic acids is 1. The lowest BCUT2D eigenvalue weighted by molar-refractivity contribution is 0.104. The van der Waals surface area contributed by atoms with Gasteiger partial charge >= 0.3 is 0 Å². The van der Waals surface area contributed by atoms with E-state index < -0.39 is 10.0 Å². The van der Waals surface area contributed by atoms with Gasteiger partial charge in [0.2, 0.25) is 16.8 Å². The van der Waals surface area contributed by atoms with Crippen LogP contribution < -0.4 is 9.47 Å². The summed E-state index contributed by atoms with van der Waals surface area (Å²) in [4.78, 5) is 12.8. The number of sulfonamides is 1. The minimum atomic E-state index is -3.53. The van der Waals surface area contributed by atoms with Gasteiger partial charge in [-0.1, -0.05) is 0 Å². The number of hydrogen-bond donors (Lipinski definition) is 0. The fourth-order valence-corrected chi connectivity index (χ4v) is 4.54. The Bertz CT molecular complexity index is 1320. The van der Waals surface area contributed by atoms with Gasteiger partial charge in [-0.05, 0) is 74.0 Å². The zero-order valence-corrected chi connectivity index (χ0v) is 19.1. The lowest BCUT2D eigenvalue weighted by Crippen LogP contribution is -2.22. The Morgan fingerprint density at radius 1 is 1.00 bits per heavy atom. The van der Waals surface area contributed by atoms with Gasteiger partial charge in [0, 0.05) is 42.8 Å². The molecule has 1 aliphatic heterocycles. The number of ketones is 1. The summed E-state index contributed by atoms with van der Waals surface area (Å²) in [6, 6.07) is 13.7. The SMILES string of the molecule is Cc1cc(/C=C/C(=O)c2ccc(S(=O)(=O)N(C)C)cc2)c(C)n1-c1ccc2c(c1)OCO2. The van der Waals surface area contributed by atoms with E-state index in [1.807, 2.05) is 38.1 Å². The Labute approximate surface area is 187 Å². The summed E-state index contributed by atoms with van der Waals surface area (Å²) in [5.41, 5.74) is 4.29. The molecular weight excluding hydrogens is 428 g/mol. The molecule has 0 unspecified atom stereocenters. The molecule has 0 N–H and O–H groups in total. The van der Waals surface area contributed by atoms with Crippen LogP contribution in [0.4, 0.5) is 0 Å². The monoisotopic (exact) mass is 452 g/mol. The number of rotatable bonds is 6. The molecule has 8 heteroatoms. The standard InChI is InChI=1S/C24H24N2O5S/c1-16-13-19(17(2)26(16)20-8-12-23-24(14-20)31-15-30-23)7-11-22(27)18-5-9-21(10-6-18)32(28,29)25(3)4/h5-14H,15H2,1-4H3/b11-7+. The van der Waals surface area contributed by atoms with Crippen molar-refractivity contribution in [2.24, 2.45) is 0 Å². The minimum absolute atomic E-state index is 0.148. The van der Waals surface area contributed by atoms with Crippen molar-refractivity contribution in [3.05, 3.63) is 77.1 Å². The molecule has 1 aromatic heterocycles. The van der Waals surface area contributed by atoms with Gasteiger partial charge in [0.1, 0.15) is 0 Å². The van der Waals surface area contributed by atoms with Crippen molar-refractivity contribution in [3.8, 4) is 17.2 Å². The lowest BCUT2D eigenvalue weighted by atomic mass is 10.1. The van der Waals surface area contributed by atoms with Gasteiger partial charge in [-0.25, -0.2) is 12.7 Å². The topological polar surface area (TPSA) is 77.8 Å². The first-order valence-corrected chi connectivity index (χ1v) is 11.5. The smallest absolute Gasteiger partial charge is 0.242 e. The molecule has 2 heterocycles. The van der Waals surface area contributed by atoms with E-state index >= 15 is 0 Å². The molecule has 32 heavy (non-hydrogen) atoms. The zero-order chi connectivity index (χ0) is 23.0. The number of aryl methyl sites for hydroxylation is 1. The van der Waals surface area contributed by atoms with E-state index in [1.54, 1.807) is 6.08 Å². The number of aromatic nitrogens is 1. The molecular formula is C24H24N2O5S. The summed E-state index contributed by atoms with van der Waals surface area (Å²) in [5.74, 6) is 1.24. The Hall–Kier alpha value is -3.36. The van der Waals surface area contributed by atoms with Crippen molar-refractivity contribution >= 4 is 21.9 Å². The number of fused-ring (bicyclic) bond motifs is 1. The number of allylic oxidation sites excluding steroid dienone is 1. The van der Waals surface area contributed by atoms with E-state index in [-0.39, 0.29) is 17.5 Å². The average molecular weight is 453 g/mol. The van der Waals surface area contributed by atoms with Crippen molar-refractivity contribution in [2.75, 3.05) is 20.9 Å². The van der Waals surface area contributed by atoms with Crippen molar-refractivity contribution in [1.82, 2.24) is 8.87 Å². The number of benzene rings is 2.